The number of carbonyl (C=O) groups is 2. The molecule has 34 heavy (non-hydrogen) atoms. The molecule has 4 heteroatoms. The van der Waals surface area contributed by atoms with Crippen LogP contribution in [0.2, 0.25) is 0 Å². The minimum absolute atomic E-state index is 0.112. The van der Waals surface area contributed by atoms with E-state index in [1.165, 1.54) is 0 Å². The van der Waals surface area contributed by atoms with E-state index in [0.29, 0.717) is 28.8 Å². The highest BCUT2D eigenvalue weighted by Gasteiger charge is 2.35. The molecule has 0 aliphatic heterocycles. The molecule has 178 valence electrons. The molecule has 3 nitrogen and oxygen atoms in total. The summed E-state index contributed by atoms with van der Waals surface area (Å²) in [6.07, 6.45) is 0.847. The van der Waals surface area contributed by atoms with Crippen LogP contribution in [0.5, 0.6) is 5.75 Å². The van der Waals surface area contributed by atoms with Crippen LogP contribution in [0, 0.1) is 48.5 Å². The number of aryl methyl sites for hydroxylation is 7. The van der Waals surface area contributed by atoms with Gasteiger partial charge in [0.1, 0.15) is 5.75 Å². The lowest BCUT2D eigenvalue weighted by atomic mass is 10.0. The lowest BCUT2D eigenvalue weighted by Crippen LogP contribution is -2.21. The van der Waals surface area contributed by atoms with Crippen molar-refractivity contribution in [1.82, 2.24) is 0 Å². The van der Waals surface area contributed by atoms with E-state index < -0.39 is 7.92 Å². The molecular formula is C30H35O3P. The number of ether oxygens (including phenoxy) is 1. The van der Waals surface area contributed by atoms with Gasteiger partial charge in [-0.2, -0.15) is 0 Å². The normalized spacial score (nSPS) is 11.1. The molecule has 0 aromatic heterocycles. The summed E-state index contributed by atoms with van der Waals surface area (Å²) < 4.78 is 6.09. The molecule has 3 aromatic carbocycles. The molecule has 0 amide bonds. The molecular weight excluding hydrogens is 439 g/mol. The van der Waals surface area contributed by atoms with Crippen LogP contribution in [0.15, 0.2) is 42.5 Å². The van der Waals surface area contributed by atoms with Gasteiger partial charge in [-0.3, -0.25) is 9.59 Å². The molecule has 3 aromatic rings. The first-order valence-corrected chi connectivity index (χ1v) is 13.2. The minimum Gasteiger partial charge on any atom is -0.493 e. The first kappa shape index (κ1) is 25.8. The maximum atomic E-state index is 14.3. The van der Waals surface area contributed by atoms with Gasteiger partial charge in [0.25, 0.3) is 0 Å². The molecule has 0 unspecified atom stereocenters. The topological polar surface area (TPSA) is 43.4 Å². The molecule has 0 spiro atoms. The van der Waals surface area contributed by atoms with Gasteiger partial charge < -0.3 is 4.74 Å². The maximum absolute atomic E-state index is 14.3. The Morgan fingerprint density at radius 2 is 1.12 bits per heavy atom. The van der Waals surface area contributed by atoms with E-state index in [1.54, 1.807) is 0 Å². The Kier molecular flexibility index (Phi) is 8.10. The van der Waals surface area contributed by atoms with Crippen LogP contribution in [0.4, 0.5) is 0 Å². The first-order valence-electron chi connectivity index (χ1n) is 11.8. The Hall–Kier alpha value is -2.77. The van der Waals surface area contributed by atoms with Crippen LogP contribution in [0.25, 0.3) is 0 Å². The van der Waals surface area contributed by atoms with E-state index in [1.807, 2.05) is 97.9 Å². The predicted molar refractivity (Wildman–Crippen MR) is 143 cm³/mol. The molecule has 3 rings (SSSR count). The number of rotatable bonds is 8. The fourth-order valence-electron chi connectivity index (χ4n) is 4.70. The Morgan fingerprint density at radius 3 is 1.53 bits per heavy atom. The summed E-state index contributed by atoms with van der Waals surface area (Å²) in [5.41, 5.74) is 7.95. The molecule has 0 fully saturated rings. The van der Waals surface area contributed by atoms with Crippen LogP contribution < -0.4 is 10.0 Å². The minimum atomic E-state index is -1.87. The SMILES string of the molecule is CCCOc1cc(C)ccc1P(C(=O)c1c(C)cc(C)cc1C)C(=O)c1c(C)cc(C)cc1C. The summed E-state index contributed by atoms with van der Waals surface area (Å²) in [6, 6.07) is 13.9. The molecule has 0 heterocycles. The average molecular weight is 475 g/mol. The third kappa shape index (κ3) is 5.31. The van der Waals surface area contributed by atoms with Gasteiger partial charge in [-0.15, -0.1) is 0 Å². The Balaban J connectivity index is 2.28. The largest absolute Gasteiger partial charge is 0.493 e. The van der Waals surface area contributed by atoms with E-state index in [9.17, 15) is 9.59 Å². The molecule has 0 saturated heterocycles. The maximum Gasteiger partial charge on any atom is 0.197 e. The third-order valence-electron chi connectivity index (χ3n) is 6.01. The number of hydrogen-bond donors (Lipinski definition) is 0. The van der Waals surface area contributed by atoms with Crippen LogP contribution in [-0.2, 0) is 0 Å². The van der Waals surface area contributed by atoms with Crippen LogP contribution >= 0.6 is 7.92 Å². The fraction of sp³-hybridized carbons (Fsp3) is 0.333. The zero-order valence-electron chi connectivity index (χ0n) is 21.6. The third-order valence-corrected chi connectivity index (χ3v) is 8.12. The van der Waals surface area contributed by atoms with Crippen molar-refractivity contribution in [3.63, 3.8) is 0 Å². The molecule has 0 radical (unpaired) electrons. The van der Waals surface area contributed by atoms with E-state index >= 15 is 0 Å². The number of carbonyl (C=O) groups excluding carboxylic acids is 2. The van der Waals surface area contributed by atoms with Crippen molar-refractivity contribution in [3.05, 3.63) is 92.5 Å². The fourth-order valence-corrected chi connectivity index (χ4v) is 7.05. The molecule has 0 bridgehead atoms. The highest BCUT2D eigenvalue weighted by Crippen LogP contribution is 2.47. The summed E-state index contributed by atoms with van der Waals surface area (Å²) in [4.78, 5) is 28.5. The molecule has 0 N–H and O–H groups in total. The smallest absolute Gasteiger partial charge is 0.197 e. The van der Waals surface area contributed by atoms with E-state index in [4.69, 9.17) is 4.74 Å². The van der Waals surface area contributed by atoms with Gasteiger partial charge in [0.2, 0.25) is 0 Å². The zero-order valence-corrected chi connectivity index (χ0v) is 22.5. The second-order valence-corrected chi connectivity index (χ2v) is 11.3. The van der Waals surface area contributed by atoms with E-state index in [-0.39, 0.29) is 11.0 Å². The summed E-state index contributed by atoms with van der Waals surface area (Å²) in [7, 11) is -1.87. The Bertz CT molecular complexity index is 1140. The number of hydrogen-bond acceptors (Lipinski definition) is 3. The molecule has 0 aliphatic rings. The Labute approximate surface area is 205 Å². The molecule has 0 saturated carbocycles. The quantitative estimate of drug-likeness (QED) is 0.319. The predicted octanol–water partition coefficient (Wildman–Crippen LogP) is 7.42. The van der Waals surface area contributed by atoms with Gasteiger partial charge in [-0.1, -0.05) is 48.4 Å². The van der Waals surface area contributed by atoms with Crippen molar-refractivity contribution in [2.45, 2.75) is 61.8 Å². The second-order valence-electron chi connectivity index (χ2n) is 9.31. The van der Waals surface area contributed by atoms with Crippen LogP contribution in [0.3, 0.4) is 0 Å². The van der Waals surface area contributed by atoms with Gasteiger partial charge in [0.05, 0.1) is 14.5 Å². The first-order chi connectivity index (χ1) is 16.0. The monoisotopic (exact) mass is 474 g/mol. The van der Waals surface area contributed by atoms with E-state index in [0.717, 1.165) is 45.4 Å². The van der Waals surface area contributed by atoms with Crippen molar-refractivity contribution in [3.8, 4) is 5.75 Å². The van der Waals surface area contributed by atoms with Gasteiger partial charge in [-0.05, 0) is 94.8 Å². The average Bonchev–Trinajstić information content (AvgIpc) is 2.72. The Morgan fingerprint density at radius 1 is 0.676 bits per heavy atom. The molecule has 0 aliphatic carbocycles. The molecule has 0 atom stereocenters. The van der Waals surface area contributed by atoms with Gasteiger partial charge >= 0.3 is 0 Å². The number of benzene rings is 3. The van der Waals surface area contributed by atoms with Crippen molar-refractivity contribution in [1.29, 1.82) is 0 Å². The van der Waals surface area contributed by atoms with Crippen LogP contribution in [0.1, 0.15) is 73.0 Å². The highest BCUT2D eigenvalue weighted by atomic mass is 31.1. The zero-order chi connectivity index (χ0) is 25.2. The van der Waals surface area contributed by atoms with E-state index in [2.05, 4.69) is 0 Å². The van der Waals surface area contributed by atoms with Gasteiger partial charge in [0.15, 0.2) is 11.0 Å². The summed E-state index contributed by atoms with van der Waals surface area (Å²) >= 11 is 0. The standard InChI is InChI=1S/C30H35O3P/c1-9-12-33-25-17-18(2)10-11-26(25)34(29(31)27-21(5)13-19(3)14-22(27)6)30(32)28-23(7)15-20(4)16-24(28)8/h10-11,13-17H,9,12H2,1-8H3. The summed E-state index contributed by atoms with van der Waals surface area (Å²) in [6.45, 7) is 16.5. The van der Waals surface area contributed by atoms with Crippen molar-refractivity contribution in [2.24, 2.45) is 0 Å². The van der Waals surface area contributed by atoms with Crippen molar-refractivity contribution >= 4 is 24.3 Å². The summed E-state index contributed by atoms with van der Waals surface area (Å²) in [5, 5.41) is 0.697. The van der Waals surface area contributed by atoms with Crippen molar-refractivity contribution in [2.75, 3.05) is 6.61 Å². The lowest BCUT2D eigenvalue weighted by molar-refractivity contribution is 0.105. The second kappa shape index (κ2) is 10.7. The van der Waals surface area contributed by atoms with Crippen LogP contribution in [-0.4, -0.2) is 17.7 Å². The van der Waals surface area contributed by atoms with Gasteiger partial charge in [-0.25, -0.2) is 0 Å². The summed E-state index contributed by atoms with van der Waals surface area (Å²) in [5.74, 6) is 0.638. The lowest BCUT2D eigenvalue weighted by Gasteiger charge is -2.23. The van der Waals surface area contributed by atoms with Crippen molar-refractivity contribution < 1.29 is 14.3 Å². The van der Waals surface area contributed by atoms with Gasteiger partial charge in [0, 0.05) is 16.4 Å². The highest BCUT2D eigenvalue weighted by molar-refractivity contribution is 7.96.